The van der Waals surface area contributed by atoms with E-state index in [1.54, 1.807) is 18.2 Å². The van der Waals surface area contributed by atoms with Crippen LogP contribution in [0.2, 0.25) is 0 Å². The van der Waals surface area contributed by atoms with Gasteiger partial charge in [0, 0.05) is 18.8 Å². The summed E-state index contributed by atoms with van der Waals surface area (Å²) in [6.45, 7) is 1.43. The van der Waals surface area contributed by atoms with E-state index in [2.05, 4.69) is 35.0 Å². The van der Waals surface area contributed by atoms with Crippen molar-refractivity contribution in [2.24, 2.45) is 11.8 Å². The van der Waals surface area contributed by atoms with Gasteiger partial charge >= 0.3 is 27.6 Å². The van der Waals surface area contributed by atoms with Crippen molar-refractivity contribution >= 4 is 33.4 Å². The van der Waals surface area contributed by atoms with E-state index in [-0.39, 0.29) is 30.5 Å². The van der Waals surface area contributed by atoms with Crippen molar-refractivity contribution in [2.45, 2.75) is 186 Å². The van der Waals surface area contributed by atoms with Gasteiger partial charge in [0.15, 0.2) is 11.9 Å². The third kappa shape index (κ3) is 34.7. The summed E-state index contributed by atoms with van der Waals surface area (Å²) < 4.78 is 47.8. The van der Waals surface area contributed by atoms with E-state index < -0.39 is 72.3 Å². The first-order valence-corrected chi connectivity index (χ1v) is 26.4. The number of ketones is 1. The molecule has 364 valence electrons. The maximum absolute atomic E-state index is 12.8. The molecule has 1 unspecified atom stereocenters. The number of phosphoric ester groups is 2. The number of hydrogen-bond acceptors (Lipinski definition) is 12. The van der Waals surface area contributed by atoms with E-state index in [0.29, 0.717) is 32.1 Å². The number of unbranched alkanes of at least 4 members (excludes halogenated alkanes) is 16. The molecule has 63 heavy (non-hydrogen) atoms. The number of rotatable bonds is 41. The number of aliphatic hydroxyl groups excluding tert-OH is 2. The summed E-state index contributed by atoms with van der Waals surface area (Å²) in [4.78, 5) is 65.4. The van der Waals surface area contributed by atoms with Crippen LogP contribution in [0.4, 0.5) is 0 Å². The molecule has 0 bridgehead atoms. The van der Waals surface area contributed by atoms with Crippen LogP contribution < -0.4 is 0 Å². The fourth-order valence-electron chi connectivity index (χ4n) is 6.74. The molecule has 0 aromatic carbocycles. The number of esters is 2. The molecule has 0 spiro atoms. The Labute approximate surface area is 377 Å². The van der Waals surface area contributed by atoms with Crippen molar-refractivity contribution in [1.82, 2.24) is 0 Å². The monoisotopic (exact) mass is 934 g/mol. The molecule has 0 saturated carbocycles. The average Bonchev–Trinajstić information content (AvgIpc) is 3.59. The Balaban J connectivity index is 2.51. The number of carbonyl (C=O) groups is 3. The highest BCUT2D eigenvalue weighted by atomic mass is 31.2. The summed E-state index contributed by atoms with van der Waals surface area (Å²) in [5.74, 6) is -1.55. The Morgan fingerprint density at radius 1 is 0.667 bits per heavy atom. The minimum Gasteiger partial charge on any atom is -0.462 e. The smallest absolute Gasteiger partial charge is 0.462 e. The molecule has 17 heteroatoms. The summed E-state index contributed by atoms with van der Waals surface area (Å²) in [5, 5.41) is 20.0. The highest BCUT2D eigenvalue weighted by Crippen LogP contribution is 2.44. The van der Waals surface area contributed by atoms with Crippen LogP contribution in [0, 0.1) is 11.8 Å². The van der Waals surface area contributed by atoms with Gasteiger partial charge < -0.3 is 34.4 Å². The molecule has 0 heterocycles. The zero-order valence-electron chi connectivity index (χ0n) is 38.0. The first-order valence-electron chi connectivity index (χ1n) is 23.4. The first-order chi connectivity index (χ1) is 30.2. The van der Waals surface area contributed by atoms with Gasteiger partial charge in [0.2, 0.25) is 0 Å². The molecule has 0 amide bonds. The van der Waals surface area contributed by atoms with Crippen molar-refractivity contribution in [1.29, 1.82) is 0 Å². The molecule has 5 N–H and O–H groups in total. The second kappa shape index (κ2) is 36.9. The average molecular weight is 935 g/mol. The summed E-state index contributed by atoms with van der Waals surface area (Å²) in [5.41, 5.74) is 0. The van der Waals surface area contributed by atoms with Gasteiger partial charge in [0.25, 0.3) is 0 Å². The minimum atomic E-state index is -4.89. The summed E-state index contributed by atoms with van der Waals surface area (Å²) in [7, 11) is -9.76. The number of ether oxygens (including phenoxy) is 2. The molecular formula is C46H80O15P2. The van der Waals surface area contributed by atoms with Gasteiger partial charge in [-0.15, -0.1) is 0 Å². The van der Waals surface area contributed by atoms with Crippen LogP contribution in [0.25, 0.3) is 0 Å². The minimum absolute atomic E-state index is 0.000549. The second-order valence-electron chi connectivity index (χ2n) is 16.3. The predicted molar refractivity (Wildman–Crippen MR) is 243 cm³/mol. The van der Waals surface area contributed by atoms with E-state index in [0.717, 1.165) is 51.4 Å². The maximum atomic E-state index is 12.8. The first kappa shape index (κ1) is 58.7. The zero-order valence-corrected chi connectivity index (χ0v) is 39.8. The van der Waals surface area contributed by atoms with Gasteiger partial charge in [-0.1, -0.05) is 140 Å². The van der Waals surface area contributed by atoms with Gasteiger partial charge in [0.1, 0.15) is 12.7 Å². The van der Waals surface area contributed by atoms with E-state index in [1.807, 2.05) is 18.2 Å². The van der Waals surface area contributed by atoms with Gasteiger partial charge in [0.05, 0.1) is 25.9 Å². The Kier molecular flexibility index (Phi) is 34.4. The number of aliphatic hydroxyl groups is 2. The number of carbonyl (C=O) groups excluding carboxylic acids is 3. The molecule has 1 aliphatic rings. The molecule has 1 aliphatic carbocycles. The van der Waals surface area contributed by atoms with Crippen LogP contribution in [-0.2, 0) is 46.6 Å². The summed E-state index contributed by atoms with van der Waals surface area (Å²) >= 11 is 0. The number of allylic oxidation sites excluding steroid dienone is 7. The molecule has 0 radical (unpaired) electrons. The Bertz CT molecular complexity index is 1440. The Hall–Kier alpha value is -2.29. The standard InChI is InChI=1S/C46H80O15P2/c1-3-5-7-8-9-10-11-12-13-14-15-16-17-18-19-20-25-29-45(50)57-37-42(38-60-63(55,56)59-36-41(48)35-58-62(52,53)54)61-46(51)30-26-22-21-24-27-39-31-34-44(49)43(39)33-32-40(47)28-23-6-4-2/h12-13,21,24,31-34,39-43,47-48H,3-11,14-20,22-23,25-30,35-38H2,1-2H3,(H,55,56)(H2,52,53,54)/b13-12-,24-21-,33-32+/t39-,40-,41-,42+,43+/m0/s1. The van der Waals surface area contributed by atoms with Gasteiger partial charge in [-0.25, -0.2) is 9.13 Å². The maximum Gasteiger partial charge on any atom is 0.472 e. The van der Waals surface area contributed by atoms with E-state index in [1.165, 1.54) is 57.8 Å². The molecule has 15 nitrogen and oxygen atoms in total. The zero-order chi connectivity index (χ0) is 46.6. The highest BCUT2D eigenvalue weighted by molar-refractivity contribution is 7.47. The topological polar surface area (TPSA) is 233 Å². The second-order valence-corrected chi connectivity index (χ2v) is 19.0. The van der Waals surface area contributed by atoms with Crippen molar-refractivity contribution in [3.63, 3.8) is 0 Å². The number of phosphoric acid groups is 2. The third-order valence-electron chi connectivity index (χ3n) is 10.4. The molecule has 1 rings (SSSR count). The van der Waals surface area contributed by atoms with Crippen LogP contribution in [0.1, 0.15) is 168 Å². The molecule has 0 aromatic heterocycles. The van der Waals surface area contributed by atoms with Crippen LogP contribution >= 0.6 is 15.6 Å². The van der Waals surface area contributed by atoms with Crippen molar-refractivity contribution in [2.75, 3.05) is 26.4 Å². The summed E-state index contributed by atoms with van der Waals surface area (Å²) in [6, 6.07) is 0. The lowest BCUT2D eigenvalue weighted by Crippen LogP contribution is -2.29. The predicted octanol–water partition coefficient (Wildman–Crippen LogP) is 9.85. The Morgan fingerprint density at radius 3 is 1.86 bits per heavy atom. The SMILES string of the molecule is CCCCCCCC/C=C\CCCCCCCCCC(=O)OC[C@H](COP(=O)(O)OC[C@@H](O)COP(=O)(O)O)OC(=O)CCC/C=C\C[C@H]1C=CC(=O)[C@@H]1/C=C/[C@@H](O)CCCCC. The van der Waals surface area contributed by atoms with Crippen molar-refractivity contribution in [3.8, 4) is 0 Å². The van der Waals surface area contributed by atoms with Crippen LogP contribution in [0.15, 0.2) is 48.6 Å². The van der Waals surface area contributed by atoms with Gasteiger partial charge in [-0.05, 0) is 69.8 Å². The molecule has 0 saturated heterocycles. The third-order valence-corrected chi connectivity index (χ3v) is 11.9. The summed E-state index contributed by atoms with van der Waals surface area (Å²) in [6.07, 6.45) is 34.4. The quantitative estimate of drug-likeness (QED) is 0.0166. The van der Waals surface area contributed by atoms with Gasteiger partial charge in [-0.2, -0.15) is 0 Å². The molecule has 0 aromatic rings. The van der Waals surface area contributed by atoms with E-state index in [9.17, 15) is 38.6 Å². The fourth-order valence-corrected chi connectivity index (χ4v) is 7.90. The lowest BCUT2D eigenvalue weighted by molar-refractivity contribution is -0.161. The fraction of sp³-hybridized carbons (Fsp3) is 0.761. The van der Waals surface area contributed by atoms with Crippen LogP contribution in [-0.4, -0.2) is 87.4 Å². The largest absolute Gasteiger partial charge is 0.472 e. The lowest BCUT2D eigenvalue weighted by atomic mass is 9.90. The lowest BCUT2D eigenvalue weighted by Gasteiger charge is -2.20. The van der Waals surface area contributed by atoms with E-state index >= 15 is 0 Å². The molecular weight excluding hydrogens is 854 g/mol. The van der Waals surface area contributed by atoms with Gasteiger partial charge in [-0.3, -0.25) is 28.0 Å². The van der Waals surface area contributed by atoms with Crippen LogP contribution in [0.5, 0.6) is 0 Å². The molecule has 6 atom stereocenters. The molecule has 0 aliphatic heterocycles. The van der Waals surface area contributed by atoms with Crippen LogP contribution in [0.3, 0.4) is 0 Å². The molecule has 0 fully saturated rings. The normalized spacial score (nSPS) is 18.1. The van der Waals surface area contributed by atoms with E-state index in [4.69, 9.17) is 23.8 Å². The van der Waals surface area contributed by atoms with Crippen molar-refractivity contribution in [3.05, 3.63) is 48.6 Å². The number of hydrogen-bond donors (Lipinski definition) is 5. The Morgan fingerprint density at radius 2 is 1.21 bits per heavy atom. The highest BCUT2D eigenvalue weighted by Gasteiger charge is 2.29. The van der Waals surface area contributed by atoms with Crippen molar-refractivity contribution < 1.29 is 71.5 Å².